The van der Waals surface area contributed by atoms with Gasteiger partial charge in [0.15, 0.2) is 0 Å². The third kappa shape index (κ3) is 2.73. The second kappa shape index (κ2) is 5.36. The molecule has 6 heteroatoms. The van der Waals surface area contributed by atoms with E-state index in [9.17, 15) is 14.5 Å². The van der Waals surface area contributed by atoms with Crippen LogP contribution in [0.2, 0.25) is 0 Å². The first kappa shape index (κ1) is 13.5. The van der Waals surface area contributed by atoms with E-state index in [4.69, 9.17) is 0 Å². The Kier molecular flexibility index (Phi) is 3.80. The molecular formula is C13H10BrFN2O2. The van der Waals surface area contributed by atoms with Crippen LogP contribution in [0.5, 0.6) is 0 Å². The van der Waals surface area contributed by atoms with E-state index in [0.29, 0.717) is 5.69 Å². The zero-order valence-corrected chi connectivity index (χ0v) is 11.6. The zero-order chi connectivity index (χ0) is 14.0. The van der Waals surface area contributed by atoms with Crippen LogP contribution in [0.1, 0.15) is 5.56 Å². The van der Waals surface area contributed by atoms with Gasteiger partial charge in [-0.15, -0.1) is 0 Å². The fourth-order valence-electron chi connectivity index (χ4n) is 1.69. The predicted molar refractivity (Wildman–Crippen MR) is 75.2 cm³/mol. The second-order valence-electron chi connectivity index (χ2n) is 3.93. The molecule has 0 fully saturated rings. The van der Waals surface area contributed by atoms with E-state index in [2.05, 4.69) is 21.2 Å². The Hall–Kier alpha value is -1.95. The van der Waals surface area contributed by atoms with E-state index in [-0.39, 0.29) is 5.69 Å². The summed E-state index contributed by atoms with van der Waals surface area (Å²) >= 11 is 3.37. The minimum absolute atomic E-state index is 0.131. The Labute approximate surface area is 117 Å². The highest BCUT2D eigenvalue weighted by molar-refractivity contribution is 9.10. The van der Waals surface area contributed by atoms with Gasteiger partial charge in [0.2, 0.25) is 5.82 Å². The van der Waals surface area contributed by atoms with Crippen LogP contribution in [0.25, 0.3) is 0 Å². The Morgan fingerprint density at radius 3 is 2.53 bits per heavy atom. The van der Waals surface area contributed by atoms with Crippen LogP contribution in [0.3, 0.4) is 0 Å². The number of nitrogens with one attached hydrogen (secondary N) is 1. The number of hydrogen-bond acceptors (Lipinski definition) is 3. The average molecular weight is 325 g/mol. The van der Waals surface area contributed by atoms with Crippen molar-refractivity contribution in [2.24, 2.45) is 0 Å². The molecule has 0 heterocycles. The van der Waals surface area contributed by atoms with E-state index >= 15 is 0 Å². The van der Waals surface area contributed by atoms with Crippen molar-refractivity contribution in [1.82, 2.24) is 0 Å². The van der Waals surface area contributed by atoms with Crippen molar-refractivity contribution in [2.75, 3.05) is 5.32 Å². The molecule has 0 bridgehead atoms. The van der Waals surface area contributed by atoms with Crippen molar-refractivity contribution in [3.8, 4) is 0 Å². The molecule has 0 aromatic heterocycles. The summed E-state index contributed by atoms with van der Waals surface area (Å²) in [5.74, 6) is -0.859. The van der Waals surface area contributed by atoms with Crippen molar-refractivity contribution in [2.45, 2.75) is 6.92 Å². The Bertz CT molecular complexity index is 647. The van der Waals surface area contributed by atoms with Gasteiger partial charge in [0.25, 0.3) is 0 Å². The summed E-state index contributed by atoms with van der Waals surface area (Å²) in [7, 11) is 0. The molecule has 2 aromatic carbocycles. The lowest BCUT2D eigenvalue weighted by molar-refractivity contribution is -0.386. The minimum atomic E-state index is -0.859. The average Bonchev–Trinajstić information content (AvgIpc) is 2.34. The smallest absolute Gasteiger partial charge is 0.327 e. The summed E-state index contributed by atoms with van der Waals surface area (Å²) in [4.78, 5) is 10.2. The predicted octanol–water partition coefficient (Wildman–Crippen LogP) is 4.55. The number of halogens is 2. The molecule has 2 aromatic rings. The molecule has 0 spiro atoms. The van der Waals surface area contributed by atoms with Gasteiger partial charge < -0.3 is 5.32 Å². The van der Waals surface area contributed by atoms with Crippen LogP contribution in [0.4, 0.5) is 21.5 Å². The molecular weight excluding hydrogens is 315 g/mol. The zero-order valence-electron chi connectivity index (χ0n) is 9.98. The monoisotopic (exact) mass is 324 g/mol. The first-order valence-corrected chi connectivity index (χ1v) is 6.25. The van der Waals surface area contributed by atoms with Crippen molar-refractivity contribution in [1.29, 1.82) is 0 Å². The summed E-state index contributed by atoms with van der Waals surface area (Å²) in [6.07, 6.45) is 0. The molecule has 98 valence electrons. The molecule has 0 saturated carbocycles. The number of hydrogen-bond donors (Lipinski definition) is 1. The highest BCUT2D eigenvalue weighted by Gasteiger charge is 2.20. The normalized spacial score (nSPS) is 10.3. The largest absolute Gasteiger partial charge is 0.350 e. The van der Waals surface area contributed by atoms with Crippen molar-refractivity contribution < 1.29 is 9.31 Å². The van der Waals surface area contributed by atoms with Gasteiger partial charge in [0.1, 0.15) is 5.69 Å². The molecule has 19 heavy (non-hydrogen) atoms. The van der Waals surface area contributed by atoms with Gasteiger partial charge in [-0.25, -0.2) is 0 Å². The highest BCUT2D eigenvalue weighted by Crippen LogP contribution is 2.32. The maximum absolute atomic E-state index is 13.5. The second-order valence-corrected chi connectivity index (χ2v) is 4.78. The molecule has 1 N–H and O–H groups in total. The molecule has 0 aliphatic carbocycles. The lowest BCUT2D eigenvalue weighted by Crippen LogP contribution is -2.00. The number of nitro groups is 1. The summed E-state index contributed by atoms with van der Waals surface area (Å²) in [5, 5.41) is 13.8. The summed E-state index contributed by atoms with van der Waals surface area (Å²) in [5.41, 5.74) is 1.15. The third-order valence-corrected chi connectivity index (χ3v) is 3.57. The van der Waals surface area contributed by atoms with Crippen LogP contribution in [-0.4, -0.2) is 4.92 Å². The van der Waals surface area contributed by atoms with Gasteiger partial charge in [0, 0.05) is 10.2 Å². The molecule has 4 nitrogen and oxygen atoms in total. The van der Waals surface area contributed by atoms with E-state index in [1.807, 2.05) is 13.0 Å². The van der Waals surface area contributed by atoms with E-state index in [1.165, 1.54) is 12.1 Å². The molecule has 0 radical (unpaired) electrons. The SMILES string of the molecule is Cc1c(Br)cccc1Nc1cccc(F)c1[N+](=O)[O-]. The first-order chi connectivity index (χ1) is 9.00. The fraction of sp³-hybridized carbons (Fsp3) is 0.0769. The number of nitrogens with zero attached hydrogens (tertiary/aromatic N) is 1. The summed E-state index contributed by atoms with van der Waals surface area (Å²) in [6.45, 7) is 1.86. The van der Waals surface area contributed by atoms with Gasteiger partial charge >= 0.3 is 5.69 Å². The molecule has 0 amide bonds. The van der Waals surface area contributed by atoms with Gasteiger partial charge in [0.05, 0.1) is 4.92 Å². The Balaban J connectivity index is 2.47. The highest BCUT2D eigenvalue weighted by atomic mass is 79.9. The van der Waals surface area contributed by atoms with Gasteiger partial charge in [-0.2, -0.15) is 4.39 Å². The quantitative estimate of drug-likeness (QED) is 0.665. The van der Waals surface area contributed by atoms with E-state index < -0.39 is 16.4 Å². The number of rotatable bonds is 3. The molecule has 0 atom stereocenters. The van der Waals surface area contributed by atoms with Crippen LogP contribution in [-0.2, 0) is 0 Å². The van der Waals surface area contributed by atoms with Crippen LogP contribution < -0.4 is 5.32 Å². The molecule has 0 aliphatic heterocycles. The molecule has 0 saturated heterocycles. The lowest BCUT2D eigenvalue weighted by atomic mass is 10.2. The minimum Gasteiger partial charge on any atom is -0.350 e. The standard InChI is InChI=1S/C13H10BrFN2O2/c1-8-9(14)4-2-6-11(8)16-12-7-3-5-10(15)13(12)17(18)19/h2-7,16H,1H3. The van der Waals surface area contributed by atoms with Gasteiger partial charge in [-0.05, 0) is 36.8 Å². The topological polar surface area (TPSA) is 55.2 Å². The van der Waals surface area contributed by atoms with Gasteiger partial charge in [-0.3, -0.25) is 10.1 Å². The van der Waals surface area contributed by atoms with E-state index in [1.54, 1.807) is 12.1 Å². The number of para-hydroxylation sites is 1. The van der Waals surface area contributed by atoms with Gasteiger partial charge in [-0.1, -0.05) is 28.1 Å². The number of nitro benzene ring substituents is 1. The van der Waals surface area contributed by atoms with Crippen molar-refractivity contribution >= 4 is 33.0 Å². The van der Waals surface area contributed by atoms with Crippen LogP contribution in [0, 0.1) is 22.9 Å². The van der Waals surface area contributed by atoms with Crippen molar-refractivity contribution in [3.05, 3.63) is 62.4 Å². The van der Waals surface area contributed by atoms with Crippen LogP contribution in [0.15, 0.2) is 40.9 Å². The Morgan fingerprint density at radius 2 is 1.84 bits per heavy atom. The third-order valence-electron chi connectivity index (χ3n) is 2.71. The number of anilines is 2. The van der Waals surface area contributed by atoms with E-state index in [0.717, 1.165) is 16.1 Å². The van der Waals surface area contributed by atoms with Crippen LogP contribution >= 0.6 is 15.9 Å². The maximum atomic E-state index is 13.5. The summed E-state index contributed by atoms with van der Waals surface area (Å²) < 4.78 is 14.4. The maximum Gasteiger partial charge on any atom is 0.327 e. The van der Waals surface area contributed by atoms with Crippen molar-refractivity contribution in [3.63, 3.8) is 0 Å². The first-order valence-electron chi connectivity index (χ1n) is 5.45. The molecule has 0 aliphatic rings. The lowest BCUT2D eigenvalue weighted by Gasteiger charge is -2.11. The Morgan fingerprint density at radius 1 is 1.21 bits per heavy atom. The number of benzene rings is 2. The molecule has 0 unspecified atom stereocenters. The molecule has 2 rings (SSSR count). The summed E-state index contributed by atoms with van der Waals surface area (Å²) in [6, 6.07) is 9.40. The fourth-order valence-corrected chi connectivity index (χ4v) is 2.06.